The van der Waals surface area contributed by atoms with E-state index in [9.17, 15) is 4.79 Å². The summed E-state index contributed by atoms with van der Waals surface area (Å²) in [5, 5.41) is 12.6. The van der Waals surface area contributed by atoms with Gasteiger partial charge in [0.25, 0.3) is 0 Å². The first-order chi connectivity index (χ1) is 12.8. The average molecular weight is 350 g/mol. The van der Waals surface area contributed by atoms with E-state index in [1.165, 1.54) is 12.8 Å². The van der Waals surface area contributed by atoms with Crippen LogP contribution < -0.4 is 10.2 Å². The Labute approximate surface area is 151 Å². The maximum Gasteiger partial charge on any atom is 0.224 e. The van der Waals surface area contributed by atoms with Gasteiger partial charge in [0, 0.05) is 36.6 Å². The number of aromatic amines is 1. The second-order valence-electron chi connectivity index (χ2n) is 7.46. The van der Waals surface area contributed by atoms with E-state index < -0.39 is 0 Å². The molecule has 1 saturated heterocycles. The molecule has 5 rings (SSSR count). The number of rotatable bonds is 4. The zero-order valence-electron chi connectivity index (χ0n) is 14.6. The summed E-state index contributed by atoms with van der Waals surface area (Å²) >= 11 is 0. The summed E-state index contributed by atoms with van der Waals surface area (Å²) < 4.78 is 0. The van der Waals surface area contributed by atoms with Crippen molar-refractivity contribution in [2.24, 2.45) is 11.8 Å². The van der Waals surface area contributed by atoms with Crippen LogP contribution in [0.2, 0.25) is 0 Å². The van der Waals surface area contributed by atoms with E-state index in [1.807, 2.05) is 12.3 Å². The lowest BCUT2D eigenvalue weighted by atomic mass is 9.96. The monoisotopic (exact) mass is 350 g/mol. The molecular formula is C19H22N6O. The topological polar surface area (TPSA) is 86.8 Å². The third-order valence-electron chi connectivity index (χ3n) is 5.56. The van der Waals surface area contributed by atoms with Gasteiger partial charge < -0.3 is 10.2 Å². The molecule has 2 N–H and O–H groups in total. The zero-order valence-corrected chi connectivity index (χ0v) is 14.6. The van der Waals surface area contributed by atoms with E-state index in [4.69, 9.17) is 0 Å². The smallest absolute Gasteiger partial charge is 0.224 e. The van der Waals surface area contributed by atoms with Crippen LogP contribution in [0, 0.1) is 11.8 Å². The van der Waals surface area contributed by atoms with Crippen molar-refractivity contribution in [1.29, 1.82) is 0 Å². The molecule has 3 aromatic heterocycles. The molecule has 7 heteroatoms. The molecule has 0 spiro atoms. The minimum absolute atomic E-state index is 0.0388. The lowest BCUT2D eigenvalue weighted by Gasteiger charge is -2.34. The molecule has 3 aromatic rings. The fourth-order valence-electron chi connectivity index (χ4n) is 3.91. The Bertz CT molecular complexity index is 963. The van der Waals surface area contributed by atoms with Crippen LogP contribution in [0.3, 0.4) is 0 Å². The molecule has 1 atom stereocenters. The van der Waals surface area contributed by atoms with E-state index in [0.717, 1.165) is 60.1 Å². The fourth-order valence-corrected chi connectivity index (χ4v) is 3.91. The van der Waals surface area contributed by atoms with Crippen LogP contribution in [-0.2, 0) is 4.79 Å². The number of fused-ring (bicyclic) bond motifs is 3. The van der Waals surface area contributed by atoms with Crippen molar-refractivity contribution in [2.45, 2.75) is 25.7 Å². The van der Waals surface area contributed by atoms with Crippen LogP contribution in [0.4, 0.5) is 5.69 Å². The Morgan fingerprint density at radius 2 is 2.19 bits per heavy atom. The summed E-state index contributed by atoms with van der Waals surface area (Å²) in [5.41, 5.74) is 2.69. The van der Waals surface area contributed by atoms with Crippen molar-refractivity contribution in [3.05, 3.63) is 24.7 Å². The molecular weight excluding hydrogens is 328 g/mol. The largest absolute Gasteiger partial charge is 0.369 e. The van der Waals surface area contributed by atoms with Gasteiger partial charge in [-0.3, -0.25) is 9.89 Å². The third-order valence-corrected chi connectivity index (χ3v) is 5.56. The first-order valence-corrected chi connectivity index (χ1v) is 9.39. The van der Waals surface area contributed by atoms with Gasteiger partial charge in [-0.2, -0.15) is 5.10 Å². The Kier molecular flexibility index (Phi) is 3.72. The molecule has 0 radical (unpaired) electrons. The number of carbonyl (C=O) groups excluding carboxylic acids is 1. The first kappa shape index (κ1) is 15.5. The highest BCUT2D eigenvalue weighted by atomic mass is 16.1. The number of amides is 1. The van der Waals surface area contributed by atoms with Gasteiger partial charge in [-0.25, -0.2) is 9.97 Å². The molecule has 134 valence electrons. The maximum atomic E-state index is 12.6. The standard InChI is InChI=1S/C19H22N6O/c26-19(22-8-12-3-4-12)13-2-1-7-25(11-13)16-10-23-24-15-9-21-18-14(17(15)16)5-6-20-18/h5-6,9-10,12-13,24H,1-4,7-8,11H2,(H,22,26). The molecule has 2 aliphatic rings. The second kappa shape index (κ2) is 6.23. The Morgan fingerprint density at radius 1 is 1.27 bits per heavy atom. The molecule has 0 aromatic carbocycles. The average Bonchev–Trinajstić information content (AvgIpc) is 3.39. The van der Waals surface area contributed by atoms with Gasteiger partial charge in [0.1, 0.15) is 0 Å². The molecule has 4 heterocycles. The summed E-state index contributed by atoms with van der Waals surface area (Å²) in [5.74, 6) is 0.946. The second-order valence-corrected chi connectivity index (χ2v) is 7.46. The number of piperidine rings is 1. The normalized spacial score (nSPS) is 20.6. The summed E-state index contributed by atoms with van der Waals surface area (Å²) in [7, 11) is 0. The van der Waals surface area contributed by atoms with Crippen LogP contribution in [0.25, 0.3) is 21.9 Å². The van der Waals surface area contributed by atoms with Crippen molar-refractivity contribution in [3.63, 3.8) is 0 Å². The highest BCUT2D eigenvalue weighted by Gasteiger charge is 2.29. The number of hydrogen-bond donors (Lipinski definition) is 2. The van der Waals surface area contributed by atoms with E-state index in [2.05, 4.69) is 30.4 Å². The fraction of sp³-hybridized carbons (Fsp3) is 0.474. The number of anilines is 1. The van der Waals surface area contributed by atoms with E-state index in [0.29, 0.717) is 5.92 Å². The molecule has 2 fully saturated rings. The van der Waals surface area contributed by atoms with Crippen LogP contribution in [-0.4, -0.2) is 45.7 Å². The predicted octanol–water partition coefficient (Wildman–Crippen LogP) is 2.25. The maximum absolute atomic E-state index is 12.6. The summed E-state index contributed by atoms with van der Waals surface area (Å²) in [6.45, 7) is 2.51. The molecule has 0 bridgehead atoms. The van der Waals surface area contributed by atoms with Gasteiger partial charge in [0.2, 0.25) is 5.91 Å². The SMILES string of the molecule is O=C(NCC1CC1)C1CCCN(c2cn[nH]c3cnc4nccc4c23)C1. The lowest BCUT2D eigenvalue weighted by molar-refractivity contribution is -0.125. The van der Waals surface area contributed by atoms with Crippen molar-refractivity contribution in [3.8, 4) is 0 Å². The van der Waals surface area contributed by atoms with Gasteiger partial charge in [0.15, 0.2) is 5.65 Å². The molecule has 1 saturated carbocycles. The molecule has 1 unspecified atom stereocenters. The number of carbonyl (C=O) groups is 1. The van der Waals surface area contributed by atoms with Gasteiger partial charge >= 0.3 is 0 Å². The van der Waals surface area contributed by atoms with Gasteiger partial charge in [-0.15, -0.1) is 0 Å². The molecule has 7 nitrogen and oxygen atoms in total. The number of aromatic nitrogens is 4. The predicted molar refractivity (Wildman–Crippen MR) is 99.9 cm³/mol. The quantitative estimate of drug-likeness (QED) is 0.754. The number of H-pyrrole nitrogens is 1. The van der Waals surface area contributed by atoms with Crippen LogP contribution >= 0.6 is 0 Å². The third kappa shape index (κ3) is 2.77. The summed E-state index contributed by atoms with van der Waals surface area (Å²) in [6, 6.07) is 1.99. The molecule has 1 amide bonds. The summed E-state index contributed by atoms with van der Waals surface area (Å²) in [4.78, 5) is 23.6. The number of hydrogen-bond acceptors (Lipinski definition) is 5. The highest BCUT2D eigenvalue weighted by molar-refractivity contribution is 6.09. The Balaban J connectivity index is 1.45. The number of pyridine rings is 1. The van der Waals surface area contributed by atoms with Gasteiger partial charge in [0.05, 0.1) is 29.5 Å². The first-order valence-electron chi connectivity index (χ1n) is 9.39. The van der Waals surface area contributed by atoms with Crippen LogP contribution in [0.15, 0.2) is 24.7 Å². The van der Waals surface area contributed by atoms with Crippen molar-refractivity contribution in [2.75, 3.05) is 24.5 Å². The van der Waals surface area contributed by atoms with E-state index in [-0.39, 0.29) is 11.8 Å². The minimum Gasteiger partial charge on any atom is -0.369 e. The molecule has 26 heavy (non-hydrogen) atoms. The highest BCUT2D eigenvalue weighted by Crippen LogP contribution is 2.33. The summed E-state index contributed by atoms with van der Waals surface area (Å²) in [6.07, 6.45) is 9.90. The van der Waals surface area contributed by atoms with Crippen molar-refractivity contribution in [1.82, 2.24) is 25.5 Å². The Morgan fingerprint density at radius 3 is 3.08 bits per heavy atom. The van der Waals surface area contributed by atoms with E-state index >= 15 is 0 Å². The van der Waals surface area contributed by atoms with Crippen LogP contribution in [0.1, 0.15) is 25.7 Å². The molecule has 1 aliphatic carbocycles. The van der Waals surface area contributed by atoms with Gasteiger partial charge in [-0.1, -0.05) is 0 Å². The Hall–Kier alpha value is -2.70. The van der Waals surface area contributed by atoms with E-state index in [1.54, 1.807) is 12.4 Å². The van der Waals surface area contributed by atoms with Crippen LogP contribution in [0.5, 0.6) is 0 Å². The van der Waals surface area contributed by atoms with Crippen molar-refractivity contribution < 1.29 is 4.79 Å². The minimum atomic E-state index is 0.0388. The van der Waals surface area contributed by atoms with Crippen molar-refractivity contribution >= 4 is 33.5 Å². The van der Waals surface area contributed by atoms with Gasteiger partial charge in [-0.05, 0) is 37.7 Å². The number of nitrogens with zero attached hydrogens (tertiary/aromatic N) is 4. The zero-order chi connectivity index (χ0) is 17.5. The number of nitrogens with one attached hydrogen (secondary N) is 2. The molecule has 1 aliphatic heterocycles. The lowest BCUT2D eigenvalue weighted by Crippen LogP contribution is -2.43.